The molecule has 3 fully saturated rings. The van der Waals surface area contributed by atoms with Gasteiger partial charge in [0.15, 0.2) is 12.6 Å². The van der Waals surface area contributed by atoms with E-state index in [1.807, 2.05) is 11.8 Å². The fraction of sp³-hybridized carbons (Fsp3) is 0.972. The molecule has 0 amide bonds. The number of nitrogens with zero attached hydrogens (tertiary/aromatic N) is 2. The zero-order chi connectivity index (χ0) is 38.8. The van der Waals surface area contributed by atoms with E-state index in [4.69, 9.17) is 28.4 Å². The highest BCUT2D eigenvalue weighted by Crippen LogP contribution is 2.40. The summed E-state index contributed by atoms with van der Waals surface area (Å²) in [5.41, 5.74) is -4.52. The fourth-order valence-electron chi connectivity index (χ4n) is 8.33. The molecule has 5 N–H and O–H groups in total. The van der Waals surface area contributed by atoms with Crippen molar-refractivity contribution >= 4 is 5.97 Å². The standard InChI is InChI=1S/C36H66N2O13/c1-13-25-36(10,44)29(40)22(6)38(11)17-18(2)15-34(8,43)31(51-33-27(39)24(37-45)14-19(3)47-33)20(4)28(21(5)32(42)49-25)50-26-16-35(9,46-12)30(41)23(7)48-26/h18-31,33,39-41,43-44H,13-17H2,1-12H3/t18-,19?,20+,21-,22-,23?,24?,25-,26?,27?,28+,29-,30?,31-,33?,34-,35?,36-/m1/s1. The number of hydrogen-bond donors (Lipinski definition) is 5. The van der Waals surface area contributed by atoms with E-state index in [2.05, 4.69) is 5.18 Å². The second-order valence-corrected chi connectivity index (χ2v) is 16.3. The predicted octanol–water partition coefficient (Wildman–Crippen LogP) is 2.11. The molecule has 0 aromatic heterocycles. The first-order valence-electron chi connectivity index (χ1n) is 18.4. The molecule has 0 radical (unpaired) electrons. The number of carbonyl (C=O) groups is 1. The lowest BCUT2D eigenvalue weighted by molar-refractivity contribution is -0.315. The zero-order valence-corrected chi connectivity index (χ0v) is 32.6. The lowest BCUT2D eigenvalue weighted by Gasteiger charge is -2.48. The predicted molar refractivity (Wildman–Crippen MR) is 186 cm³/mol. The molecule has 0 aliphatic carbocycles. The first-order chi connectivity index (χ1) is 23.5. The number of likely N-dealkylation sites (N-methyl/N-ethyl adjacent to an activating group) is 1. The van der Waals surface area contributed by atoms with Crippen LogP contribution in [0.2, 0.25) is 0 Å². The zero-order valence-electron chi connectivity index (χ0n) is 32.6. The van der Waals surface area contributed by atoms with Gasteiger partial charge in [-0.15, -0.1) is 0 Å². The van der Waals surface area contributed by atoms with Crippen molar-refractivity contribution in [1.82, 2.24) is 4.90 Å². The molecule has 8 unspecified atom stereocenters. The van der Waals surface area contributed by atoms with Gasteiger partial charge >= 0.3 is 5.97 Å². The lowest BCUT2D eigenvalue weighted by atomic mass is 9.77. The summed E-state index contributed by atoms with van der Waals surface area (Å²) in [5, 5.41) is 60.5. The van der Waals surface area contributed by atoms with Crippen LogP contribution in [0.15, 0.2) is 5.18 Å². The average molecular weight is 735 g/mol. The maximum Gasteiger partial charge on any atom is 0.311 e. The Morgan fingerprint density at radius 1 is 0.961 bits per heavy atom. The van der Waals surface area contributed by atoms with E-state index < -0.39 is 108 Å². The van der Waals surface area contributed by atoms with E-state index in [0.717, 1.165) is 0 Å². The van der Waals surface area contributed by atoms with Crippen LogP contribution in [-0.2, 0) is 33.2 Å². The number of methoxy groups -OCH3 is 1. The summed E-state index contributed by atoms with van der Waals surface area (Å²) in [6, 6.07) is -1.57. The highest BCUT2D eigenvalue weighted by atomic mass is 16.7. The number of nitroso groups, excluding NO2 is 1. The molecule has 0 spiro atoms. The van der Waals surface area contributed by atoms with Crippen LogP contribution in [0.25, 0.3) is 0 Å². The van der Waals surface area contributed by atoms with Crippen molar-refractivity contribution in [2.75, 3.05) is 20.7 Å². The fourth-order valence-corrected chi connectivity index (χ4v) is 8.33. The second kappa shape index (κ2) is 17.4. The summed E-state index contributed by atoms with van der Waals surface area (Å²) in [6.07, 6.45) is -9.93. The molecule has 3 saturated heterocycles. The number of aliphatic hydroxyl groups is 5. The smallest absolute Gasteiger partial charge is 0.311 e. The van der Waals surface area contributed by atoms with Crippen LogP contribution in [0.4, 0.5) is 0 Å². The van der Waals surface area contributed by atoms with Crippen LogP contribution in [0.5, 0.6) is 0 Å². The summed E-state index contributed by atoms with van der Waals surface area (Å²) < 4.78 is 36.9. The Labute approximate surface area is 303 Å². The van der Waals surface area contributed by atoms with Crippen molar-refractivity contribution in [2.45, 2.75) is 185 Å². The molecule has 0 aromatic carbocycles. The van der Waals surface area contributed by atoms with Gasteiger partial charge in [-0.1, -0.05) is 25.9 Å². The number of aliphatic hydroxyl groups excluding tert-OH is 3. The largest absolute Gasteiger partial charge is 0.459 e. The van der Waals surface area contributed by atoms with Gasteiger partial charge in [-0.25, -0.2) is 0 Å². The van der Waals surface area contributed by atoms with Gasteiger partial charge in [0.2, 0.25) is 0 Å². The SMILES string of the molecule is CC[C@H]1OC(=O)[C@H](C)[C@@H](OC2CC(C)(OC)C(O)C(C)O2)[C@H](C)[C@@H](OC2OC(C)CC(N=O)C2O)[C@](C)(O)C[C@@H](C)CN(C)[C@H](C)[C@@H](O)[C@]1(C)O. The van der Waals surface area contributed by atoms with Crippen molar-refractivity contribution in [3.05, 3.63) is 4.91 Å². The Balaban J connectivity index is 2.17. The molecule has 15 nitrogen and oxygen atoms in total. The van der Waals surface area contributed by atoms with Crippen molar-refractivity contribution in [1.29, 1.82) is 0 Å². The molecule has 298 valence electrons. The number of ether oxygens (including phenoxy) is 6. The third-order valence-corrected chi connectivity index (χ3v) is 11.7. The monoisotopic (exact) mass is 734 g/mol. The molecule has 15 heteroatoms. The second-order valence-electron chi connectivity index (χ2n) is 16.3. The van der Waals surface area contributed by atoms with E-state index in [9.17, 15) is 35.2 Å². The first kappa shape index (κ1) is 44.0. The van der Waals surface area contributed by atoms with Crippen LogP contribution < -0.4 is 0 Å². The third kappa shape index (κ3) is 9.85. The summed E-state index contributed by atoms with van der Waals surface area (Å²) in [5.74, 6) is -2.83. The van der Waals surface area contributed by atoms with E-state index in [1.54, 1.807) is 62.4 Å². The molecule has 3 heterocycles. The van der Waals surface area contributed by atoms with Crippen molar-refractivity contribution in [3.63, 3.8) is 0 Å². The number of rotatable bonds is 7. The summed E-state index contributed by atoms with van der Waals surface area (Å²) in [7, 11) is 3.29. The van der Waals surface area contributed by atoms with Gasteiger partial charge in [-0.05, 0) is 74.3 Å². The van der Waals surface area contributed by atoms with Crippen molar-refractivity contribution < 1.29 is 58.7 Å². The van der Waals surface area contributed by atoms with Gasteiger partial charge in [0.05, 0.1) is 41.5 Å². The van der Waals surface area contributed by atoms with E-state index in [1.165, 1.54) is 14.0 Å². The summed E-state index contributed by atoms with van der Waals surface area (Å²) >= 11 is 0. The minimum absolute atomic E-state index is 0.0936. The Hall–Kier alpha value is -1.37. The van der Waals surface area contributed by atoms with Gasteiger partial charge in [0.1, 0.15) is 36.1 Å². The van der Waals surface area contributed by atoms with Crippen LogP contribution in [0.1, 0.15) is 94.9 Å². The van der Waals surface area contributed by atoms with E-state index in [0.29, 0.717) is 6.54 Å². The van der Waals surface area contributed by atoms with Crippen LogP contribution in [-0.4, -0.2) is 147 Å². The molecule has 51 heavy (non-hydrogen) atoms. The Morgan fingerprint density at radius 3 is 2.16 bits per heavy atom. The molecule has 3 aliphatic heterocycles. The maximum atomic E-state index is 14.1. The van der Waals surface area contributed by atoms with E-state index >= 15 is 0 Å². The van der Waals surface area contributed by atoms with Gasteiger partial charge in [-0.2, -0.15) is 4.91 Å². The van der Waals surface area contributed by atoms with Crippen molar-refractivity contribution in [2.24, 2.45) is 22.9 Å². The van der Waals surface area contributed by atoms with Gasteiger partial charge in [-0.3, -0.25) is 4.79 Å². The van der Waals surface area contributed by atoms with E-state index in [-0.39, 0.29) is 31.6 Å². The molecule has 0 bridgehead atoms. The minimum Gasteiger partial charge on any atom is -0.459 e. The maximum absolute atomic E-state index is 14.1. The first-order valence-corrected chi connectivity index (χ1v) is 18.4. The van der Waals surface area contributed by atoms with Gasteiger partial charge < -0.3 is 58.9 Å². The van der Waals surface area contributed by atoms with Crippen LogP contribution in [0.3, 0.4) is 0 Å². The number of hydrogen-bond acceptors (Lipinski definition) is 15. The Morgan fingerprint density at radius 2 is 1.59 bits per heavy atom. The number of carbonyl (C=O) groups excluding carboxylic acids is 1. The molecule has 3 rings (SSSR count). The average Bonchev–Trinajstić information content (AvgIpc) is 3.05. The molecule has 3 aliphatic rings. The molecule has 0 aromatic rings. The number of esters is 1. The van der Waals surface area contributed by atoms with Crippen LogP contribution >= 0.6 is 0 Å². The third-order valence-electron chi connectivity index (χ3n) is 11.7. The highest BCUT2D eigenvalue weighted by molar-refractivity contribution is 5.73. The lowest BCUT2D eigenvalue weighted by Crippen LogP contribution is -2.59. The molecule has 0 saturated carbocycles. The summed E-state index contributed by atoms with van der Waals surface area (Å²) in [6.45, 7) is 17.4. The highest BCUT2D eigenvalue weighted by Gasteiger charge is 2.52. The van der Waals surface area contributed by atoms with Gasteiger partial charge in [0.25, 0.3) is 0 Å². The Bertz CT molecular complexity index is 1140. The van der Waals surface area contributed by atoms with Crippen molar-refractivity contribution in [3.8, 4) is 0 Å². The molecule has 18 atom stereocenters. The Kier molecular flexibility index (Phi) is 15.0. The van der Waals surface area contributed by atoms with Gasteiger partial charge in [0, 0.05) is 38.5 Å². The number of cyclic esters (lactones) is 1. The molecular weight excluding hydrogens is 668 g/mol. The topological polar surface area (TPSA) is 206 Å². The summed E-state index contributed by atoms with van der Waals surface area (Å²) in [4.78, 5) is 27.7. The minimum atomic E-state index is -1.83. The van der Waals surface area contributed by atoms with Crippen LogP contribution in [0, 0.1) is 22.7 Å². The normalized spacial score (nSPS) is 50.1. The quantitative estimate of drug-likeness (QED) is 0.188. The molecular formula is C36H66N2O13.